The average molecular weight is 186 g/mol. The molecule has 0 aromatic carbocycles. The molecule has 0 atom stereocenters. The van der Waals surface area contributed by atoms with Crippen molar-refractivity contribution in [3.8, 4) is 0 Å². The molecule has 0 nitrogen and oxygen atoms in total. The van der Waals surface area contributed by atoms with E-state index in [1.165, 1.54) is 0 Å². The quantitative estimate of drug-likeness (QED) is 0.346. The van der Waals surface area contributed by atoms with Crippen LogP contribution in [0.15, 0.2) is 0 Å². The number of hydrogen-bond donors (Lipinski definition) is 0. The first-order valence-electron chi connectivity index (χ1n) is 5.48. The van der Waals surface area contributed by atoms with Crippen molar-refractivity contribution < 1.29 is 0 Å². The zero-order chi connectivity index (χ0) is 13.7. The lowest BCUT2D eigenvalue weighted by Gasteiger charge is -2.38. The van der Waals surface area contributed by atoms with Gasteiger partial charge in [0.15, 0.2) is 0 Å². The molecule has 0 rings (SSSR count). The van der Waals surface area contributed by atoms with Gasteiger partial charge in [-0.15, -0.1) is 0 Å². The molecule has 0 aromatic rings. The van der Waals surface area contributed by atoms with Gasteiger partial charge in [0.25, 0.3) is 0 Å². The molecule has 17 heavy (non-hydrogen) atoms. The zero-order valence-electron chi connectivity index (χ0n) is 10.1. The molecular formula is H2B17. The molecule has 0 aliphatic heterocycles. The second-order valence-electron chi connectivity index (χ2n) is 4.36. The van der Waals surface area contributed by atoms with Gasteiger partial charge in [0.05, 0.1) is 0 Å². The Morgan fingerprint density at radius 3 is 1.24 bits per heavy atom. The first-order valence-corrected chi connectivity index (χ1v) is 5.48. The van der Waals surface area contributed by atoms with E-state index in [0.717, 1.165) is 0 Å². The molecule has 0 saturated heterocycles. The Morgan fingerprint density at radius 2 is 1.06 bits per heavy atom. The van der Waals surface area contributed by atoms with E-state index in [1.807, 2.05) is 0 Å². The predicted octanol–water partition coefficient (Wildman–Crippen LogP) is -7.01. The van der Waals surface area contributed by atoms with E-state index < -0.39 is 31.9 Å². The van der Waals surface area contributed by atoms with Gasteiger partial charge in [-0.05, 0) is 0 Å². The van der Waals surface area contributed by atoms with Gasteiger partial charge in [-0.3, -0.25) is 0 Å². The Kier molecular flexibility index (Phi) is 8.85. The summed E-state index contributed by atoms with van der Waals surface area (Å²) in [5, 5.41) is 0. The summed E-state index contributed by atoms with van der Waals surface area (Å²) in [5.74, 6) is 0. The van der Waals surface area contributed by atoms with Crippen LogP contribution in [0.3, 0.4) is 0 Å². The van der Waals surface area contributed by atoms with Gasteiger partial charge >= 0.3 is 0 Å². The van der Waals surface area contributed by atoms with Crippen LogP contribution in [0.2, 0.25) is 0 Å². The van der Waals surface area contributed by atoms with Crippen LogP contribution in [-0.4, -0.2) is 121 Å². The fourth-order valence-corrected chi connectivity index (χ4v) is 2.16. The second kappa shape index (κ2) is 8.31. The van der Waals surface area contributed by atoms with Crippen LogP contribution in [0.5, 0.6) is 0 Å². The topological polar surface area (TPSA) is 0 Å². The minimum atomic E-state index is -0.740. The van der Waals surface area contributed by atoms with Crippen molar-refractivity contribution in [2.45, 2.75) is 0 Å². The van der Waals surface area contributed by atoms with Crippen LogP contribution in [0, 0.1) is 0 Å². The molecule has 0 aromatic heterocycles. The molecule has 0 unspecified atom stereocenters. The molecule has 0 fully saturated rings. The summed E-state index contributed by atoms with van der Waals surface area (Å²) >= 11 is 0. The van der Waals surface area contributed by atoms with Crippen molar-refractivity contribution in [2.75, 3.05) is 0 Å². The van der Waals surface area contributed by atoms with Gasteiger partial charge in [-0.2, -0.15) is 0 Å². The third kappa shape index (κ3) is 5.31. The summed E-state index contributed by atoms with van der Waals surface area (Å²) in [6, 6.07) is 0. The molecule has 0 aliphatic rings. The maximum Gasteiger partial charge on any atom is 0.0322 e. The molecule has 0 bridgehead atoms. The number of hydrogen-bond acceptors (Lipinski definition) is 0. The standard InChI is InChI=1S/B17H2/c1-10-15(11(2)3)17(14(8)9)16(12(4)5)13(6)7/h1-2H. The first kappa shape index (κ1) is 18.1. The molecule has 0 spiro atoms. The highest BCUT2D eigenvalue weighted by Gasteiger charge is 2.39. The Labute approximate surface area is 121 Å². The van der Waals surface area contributed by atoms with E-state index in [2.05, 4.69) is 15.5 Å². The molecule has 0 amide bonds. The second-order valence-corrected chi connectivity index (χ2v) is 4.36. The van der Waals surface area contributed by atoms with Crippen LogP contribution in [0.1, 0.15) is 0 Å². The summed E-state index contributed by atoms with van der Waals surface area (Å²) in [6.07, 6.45) is -3.73. The van der Waals surface area contributed by atoms with Gasteiger partial charge in [0.1, 0.15) is 0 Å². The smallest absolute Gasteiger partial charge is 0.0000000000131 e. The summed E-state index contributed by atoms with van der Waals surface area (Å²) in [4.78, 5) is 0. The van der Waals surface area contributed by atoms with Crippen molar-refractivity contribution in [3.05, 3.63) is 0 Å². The predicted molar refractivity (Wildman–Crippen MR) is 101 cm³/mol. The number of rotatable bonds is 7. The third-order valence-electron chi connectivity index (χ3n) is 2.99. The van der Waals surface area contributed by atoms with Crippen LogP contribution in [-0.2, 0) is 0 Å². The molecule has 53 valence electrons. The van der Waals surface area contributed by atoms with Gasteiger partial charge in [0, 0.05) is 121 Å². The zero-order valence-corrected chi connectivity index (χ0v) is 10.1. The lowest BCUT2D eigenvalue weighted by molar-refractivity contribution is 3.37. The van der Waals surface area contributed by atoms with Crippen molar-refractivity contribution in [2.24, 2.45) is 0 Å². The molecule has 0 heterocycles. The lowest BCUT2D eigenvalue weighted by atomic mass is 8.43. The molecule has 0 saturated carbocycles. The first-order chi connectivity index (χ1) is 7.73. The average Bonchev–Trinajstić information content (AvgIpc) is 2.15. The fourth-order valence-electron chi connectivity index (χ4n) is 2.16. The summed E-state index contributed by atoms with van der Waals surface area (Å²) in [7, 11) is 49.1. The van der Waals surface area contributed by atoms with Crippen molar-refractivity contribution in [1.29, 1.82) is 0 Å². The Balaban J connectivity index is 5.16. The highest BCUT2D eigenvalue weighted by Crippen LogP contribution is 2.01. The van der Waals surface area contributed by atoms with Gasteiger partial charge in [-0.25, -0.2) is 0 Å². The van der Waals surface area contributed by atoms with Gasteiger partial charge in [0.2, 0.25) is 0 Å². The summed E-state index contributed by atoms with van der Waals surface area (Å²) < 4.78 is 0. The summed E-state index contributed by atoms with van der Waals surface area (Å²) in [5.41, 5.74) is 0. The molecule has 0 N–H and O–H groups in total. The van der Waals surface area contributed by atoms with Crippen LogP contribution < -0.4 is 0 Å². The monoisotopic (exact) mass is 189 g/mol. The van der Waals surface area contributed by atoms with Crippen molar-refractivity contribution in [3.63, 3.8) is 0 Å². The SMILES string of the molecule is [B]B([B])B(B([B])[B])B(B([B])[B])B([B][BH])B([B])[BH]. The maximum absolute atomic E-state index is 5.77. The van der Waals surface area contributed by atoms with E-state index >= 15 is 0 Å². The highest BCUT2D eigenvalue weighted by atomic mass is 13.2. The van der Waals surface area contributed by atoms with Crippen molar-refractivity contribution in [1.82, 2.24) is 0 Å². The Morgan fingerprint density at radius 1 is 0.706 bits per heavy atom. The van der Waals surface area contributed by atoms with Crippen LogP contribution in [0.4, 0.5) is 0 Å². The van der Waals surface area contributed by atoms with Gasteiger partial charge in [-0.1, -0.05) is 0 Å². The molecular weight excluding hydrogens is 184 g/mol. The maximum atomic E-state index is 5.77. The minimum absolute atomic E-state index is 0.260. The van der Waals surface area contributed by atoms with E-state index in [1.54, 1.807) is 7.06 Å². The summed E-state index contributed by atoms with van der Waals surface area (Å²) in [6.45, 7) is 0. The lowest BCUT2D eigenvalue weighted by Crippen LogP contribution is -2.76. The van der Waals surface area contributed by atoms with E-state index in [-0.39, 0.29) is 12.8 Å². The Bertz CT molecular complexity index is 180. The van der Waals surface area contributed by atoms with Crippen LogP contribution >= 0.6 is 0 Å². The third-order valence-corrected chi connectivity index (χ3v) is 2.99. The van der Waals surface area contributed by atoms with E-state index in [0.29, 0.717) is 0 Å². The normalized spacial score (nSPS) is 8.94. The van der Waals surface area contributed by atoms with Crippen LogP contribution in [0.25, 0.3) is 0 Å². The molecule has 0 aliphatic carbocycles. The van der Waals surface area contributed by atoms with Crippen molar-refractivity contribution >= 4 is 121 Å². The molecule has 17 radical (unpaired) electrons. The van der Waals surface area contributed by atoms with E-state index in [9.17, 15) is 0 Å². The van der Waals surface area contributed by atoms with Gasteiger partial charge < -0.3 is 0 Å². The molecule has 17 heteroatoms. The Hall–Kier alpha value is 1.10. The largest absolute Gasteiger partial charge is 0.0322 e. The van der Waals surface area contributed by atoms with E-state index in [4.69, 9.17) is 54.2 Å². The minimum Gasteiger partial charge on any atom is 0.0000000000131 e. The highest BCUT2D eigenvalue weighted by molar-refractivity contribution is 8.15. The fraction of sp³-hybridized carbons (Fsp3) is 0.